The molecule has 0 radical (unpaired) electrons. The molecule has 2 N–H and O–H groups in total. The lowest BCUT2D eigenvalue weighted by Crippen LogP contribution is -2.03. The Kier molecular flexibility index (Phi) is 4.29. The number of aliphatic hydroxyl groups is 1. The first-order valence-electron chi connectivity index (χ1n) is 7.04. The van der Waals surface area contributed by atoms with E-state index in [1.54, 1.807) is 18.6 Å². The first-order valence-corrected chi connectivity index (χ1v) is 7.04. The van der Waals surface area contributed by atoms with Crippen LogP contribution in [0.25, 0.3) is 0 Å². The molecule has 5 nitrogen and oxygen atoms in total. The summed E-state index contributed by atoms with van der Waals surface area (Å²) < 4.78 is 18.5. The van der Waals surface area contributed by atoms with Gasteiger partial charge in [-0.3, -0.25) is 5.10 Å². The molecule has 2 aromatic heterocycles. The number of benzene rings is 1. The Morgan fingerprint density at radius 1 is 1.27 bits per heavy atom. The number of aliphatic hydroxyl groups excluding tert-OH is 1. The average Bonchev–Trinajstić information content (AvgIpc) is 3.16. The van der Waals surface area contributed by atoms with Crippen LogP contribution in [0.5, 0.6) is 0 Å². The normalized spacial score (nSPS) is 12.5. The number of halogens is 1. The van der Waals surface area contributed by atoms with Crippen LogP contribution in [0, 0.1) is 5.82 Å². The van der Waals surface area contributed by atoms with Gasteiger partial charge in [0.2, 0.25) is 0 Å². The highest BCUT2D eigenvalue weighted by atomic mass is 19.1. The van der Waals surface area contributed by atoms with E-state index >= 15 is 0 Å². The monoisotopic (exact) mass is 301 g/mol. The molecule has 1 unspecified atom stereocenters. The topological polar surface area (TPSA) is 74.9 Å². The Balaban J connectivity index is 1.65. The van der Waals surface area contributed by atoms with Gasteiger partial charge in [0.25, 0.3) is 0 Å². The number of hydrogen-bond donors (Lipinski definition) is 2. The van der Waals surface area contributed by atoms with Gasteiger partial charge in [-0.1, -0.05) is 12.1 Å². The van der Waals surface area contributed by atoms with Crippen molar-refractivity contribution < 1.29 is 13.9 Å². The molecule has 0 aliphatic rings. The van der Waals surface area contributed by atoms with E-state index in [4.69, 9.17) is 4.42 Å². The third-order valence-electron chi connectivity index (χ3n) is 3.54. The zero-order valence-electron chi connectivity index (χ0n) is 11.9. The Morgan fingerprint density at radius 2 is 2.14 bits per heavy atom. The first kappa shape index (κ1) is 14.5. The SMILES string of the molecule is OC(CCc1cocc1Cc1cccc(F)c1)c1nc[nH]n1. The minimum atomic E-state index is -0.719. The van der Waals surface area contributed by atoms with Crippen LogP contribution >= 0.6 is 0 Å². The van der Waals surface area contributed by atoms with Gasteiger partial charge in [0.05, 0.1) is 12.5 Å². The summed E-state index contributed by atoms with van der Waals surface area (Å²) in [6, 6.07) is 6.51. The van der Waals surface area contributed by atoms with Crippen LogP contribution in [-0.2, 0) is 12.8 Å². The van der Waals surface area contributed by atoms with Gasteiger partial charge in [-0.2, -0.15) is 5.10 Å². The molecule has 22 heavy (non-hydrogen) atoms. The fourth-order valence-corrected chi connectivity index (χ4v) is 2.39. The molecule has 1 atom stereocenters. The molecule has 0 aliphatic carbocycles. The number of aromatic amines is 1. The predicted octanol–water partition coefficient (Wildman–Crippen LogP) is 2.79. The van der Waals surface area contributed by atoms with E-state index in [0.29, 0.717) is 25.1 Å². The molecule has 0 bridgehead atoms. The smallest absolute Gasteiger partial charge is 0.178 e. The fraction of sp³-hybridized carbons (Fsp3) is 0.250. The molecule has 0 saturated heterocycles. The Hall–Kier alpha value is -2.47. The van der Waals surface area contributed by atoms with Crippen LogP contribution < -0.4 is 0 Å². The molecular weight excluding hydrogens is 285 g/mol. The molecule has 114 valence electrons. The van der Waals surface area contributed by atoms with Crippen LogP contribution in [0.1, 0.15) is 35.0 Å². The van der Waals surface area contributed by atoms with Crippen LogP contribution in [0.2, 0.25) is 0 Å². The van der Waals surface area contributed by atoms with Gasteiger partial charge >= 0.3 is 0 Å². The standard InChI is InChI=1S/C16H16FN3O2/c17-14-3-1-2-11(7-14)6-13-9-22-8-12(13)4-5-15(21)16-18-10-19-20-16/h1-3,7-10,15,21H,4-6H2,(H,18,19,20). The molecule has 0 fully saturated rings. The van der Waals surface area contributed by atoms with E-state index in [0.717, 1.165) is 16.7 Å². The van der Waals surface area contributed by atoms with Crippen molar-refractivity contribution in [1.82, 2.24) is 15.2 Å². The number of aryl methyl sites for hydroxylation is 1. The molecule has 1 aromatic carbocycles. The highest BCUT2D eigenvalue weighted by Gasteiger charge is 2.14. The van der Waals surface area contributed by atoms with Crippen molar-refractivity contribution in [3.8, 4) is 0 Å². The first-order chi connectivity index (χ1) is 10.7. The van der Waals surface area contributed by atoms with Gasteiger partial charge in [0.15, 0.2) is 5.82 Å². The summed E-state index contributed by atoms with van der Waals surface area (Å²) >= 11 is 0. The van der Waals surface area contributed by atoms with Crippen LogP contribution in [0.15, 0.2) is 47.5 Å². The molecular formula is C16H16FN3O2. The summed E-state index contributed by atoms with van der Waals surface area (Å²) in [7, 11) is 0. The highest BCUT2D eigenvalue weighted by molar-refractivity contribution is 5.29. The van der Waals surface area contributed by atoms with E-state index in [9.17, 15) is 9.50 Å². The van der Waals surface area contributed by atoms with Gasteiger partial charge < -0.3 is 9.52 Å². The number of nitrogens with zero attached hydrogens (tertiary/aromatic N) is 2. The summed E-state index contributed by atoms with van der Waals surface area (Å²) in [6.07, 6.45) is 5.78. The third kappa shape index (κ3) is 3.40. The third-order valence-corrected chi connectivity index (χ3v) is 3.54. The largest absolute Gasteiger partial charge is 0.472 e. The van der Waals surface area contributed by atoms with Crippen molar-refractivity contribution >= 4 is 0 Å². The van der Waals surface area contributed by atoms with E-state index in [1.165, 1.54) is 18.5 Å². The maximum atomic E-state index is 13.2. The van der Waals surface area contributed by atoms with Crippen molar-refractivity contribution in [2.24, 2.45) is 0 Å². The lowest BCUT2D eigenvalue weighted by Gasteiger charge is -2.07. The van der Waals surface area contributed by atoms with Crippen LogP contribution in [0.3, 0.4) is 0 Å². The lowest BCUT2D eigenvalue weighted by atomic mass is 10.00. The number of furan rings is 1. The summed E-state index contributed by atoms with van der Waals surface area (Å²) in [4.78, 5) is 3.93. The predicted molar refractivity (Wildman–Crippen MR) is 77.6 cm³/mol. The maximum absolute atomic E-state index is 13.2. The Morgan fingerprint density at radius 3 is 2.91 bits per heavy atom. The summed E-state index contributed by atoms with van der Waals surface area (Å²) in [5, 5.41) is 16.4. The van der Waals surface area contributed by atoms with E-state index < -0.39 is 6.10 Å². The summed E-state index contributed by atoms with van der Waals surface area (Å²) in [5.74, 6) is 0.137. The minimum absolute atomic E-state index is 0.248. The zero-order valence-corrected chi connectivity index (χ0v) is 11.9. The van der Waals surface area contributed by atoms with Crippen LogP contribution in [0.4, 0.5) is 4.39 Å². The number of H-pyrrole nitrogens is 1. The average molecular weight is 301 g/mol. The van der Waals surface area contributed by atoms with Crippen molar-refractivity contribution in [1.29, 1.82) is 0 Å². The Bertz CT molecular complexity index is 725. The molecule has 3 rings (SSSR count). The van der Waals surface area contributed by atoms with Crippen molar-refractivity contribution in [3.63, 3.8) is 0 Å². The quantitative estimate of drug-likeness (QED) is 0.734. The Labute approximate surface area is 126 Å². The number of nitrogens with one attached hydrogen (secondary N) is 1. The van der Waals surface area contributed by atoms with Gasteiger partial charge in [0.1, 0.15) is 18.2 Å². The summed E-state index contributed by atoms with van der Waals surface area (Å²) in [6.45, 7) is 0. The fourth-order valence-electron chi connectivity index (χ4n) is 2.39. The second kappa shape index (κ2) is 6.53. The van der Waals surface area contributed by atoms with Gasteiger partial charge in [-0.05, 0) is 41.7 Å². The number of rotatable bonds is 6. The molecule has 0 spiro atoms. The van der Waals surface area contributed by atoms with Crippen molar-refractivity contribution in [2.45, 2.75) is 25.4 Å². The van der Waals surface area contributed by atoms with Gasteiger partial charge in [0, 0.05) is 6.42 Å². The maximum Gasteiger partial charge on any atom is 0.178 e. The van der Waals surface area contributed by atoms with Gasteiger partial charge in [-0.15, -0.1) is 0 Å². The van der Waals surface area contributed by atoms with Crippen LogP contribution in [-0.4, -0.2) is 20.3 Å². The van der Waals surface area contributed by atoms with Gasteiger partial charge in [-0.25, -0.2) is 9.37 Å². The molecule has 3 aromatic rings. The molecule has 0 aliphatic heterocycles. The second-order valence-electron chi connectivity index (χ2n) is 5.14. The zero-order chi connectivity index (χ0) is 15.4. The summed E-state index contributed by atoms with van der Waals surface area (Å²) in [5.41, 5.74) is 2.88. The molecule has 0 amide bonds. The highest BCUT2D eigenvalue weighted by Crippen LogP contribution is 2.21. The molecule has 6 heteroatoms. The minimum Gasteiger partial charge on any atom is -0.472 e. The van der Waals surface area contributed by atoms with Crippen molar-refractivity contribution in [2.75, 3.05) is 0 Å². The molecule has 0 saturated carbocycles. The second-order valence-corrected chi connectivity index (χ2v) is 5.14. The molecule has 2 heterocycles. The van der Waals surface area contributed by atoms with Crippen molar-refractivity contribution in [3.05, 3.63) is 71.5 Å². The van der Waals surface area contributed by atoms with E-state index in [2.05, 4.69) is 15.2 Å². The van der Waals surface area contributed by atoms with E-state index in [1.807, 2.05) is 6.07 Å². The number of aromatic nitrogens is 3. The van der Waals surface area contributed by atoms with E-state index in [-0.39, 0.29) is 5.82 Å². The number of hydrogen-bond acceptors (Lipinski definition) is 4. The lowest BCUT2D eigenvalue weighted by molar-refractivity contribution is 0.158.